The van der Waals surface area contributed by atoms with E-state index in [-0.39, 0.29) is 10.9 Å². The number of hydrogen-bond donors (Lipinski definition) is 2. The Bertz CT molecular complexity index is 1140. The number of sulfonamides is 1. The standard InChI is InChI=1S/C14H21N3O2S/c1-15-20(18,19)10-11-4-5-14-13(8-11)12(9-16-14)6-7-17(2)3/h4-5,8-9,15-16H,6-7,10H2,1-3H3/i2D3,3D3,6D2,7D2,9D,10D2. The Morgan fingerprint density at radius 2 is 2.30 bits per heavy atom. The highest BCUT2D eigenvalue weighted by Gasteiger charge is 2.11. The fourth-order valence-electron chi connectivity index (χ4n) is 1.54. The van der Waals surface area contributed by atoms with Crippen LogP contribution in [0.2, 0.25) is 0 Å². The molecule has 0 aliphatic rings. The Balaban J connectivity index is 2.85. The molecule has 1 aromatic heterocycles. The van der Waals surface area contributed by atoms with Crippen LogP contribution in [0.1, 0.15) is 28.9 Å². The zero-order chi connectivity index (χ0) is 26.0. The molecule has 0 saturated heterocycles. The molecule has 2 aromatic rings. The topological polar surface area (TPSA) is 65.2 Å². The van der Waals surface area contributed by atoms with Gasteiger partial charge in [-0.1, -0.05) is 6.07 Å². The van der Waals surface area contributed by atoms with Crippen LogP contribution in [-0.2, 0) is 22.1 Å². The van der Waals surface area contributed by atoms with Crippen molar-refractivity contribution < 1.29 is 26.2 Å². The van der Waals surface area contributed by atoms with Crippen molar-refractivity contribution >= 4 is 20.9 Å². The molecule has 6 heteroatoms. The highest BCUT2D eigenvalue weighted by molar-refractivity contribution is 7.88. The van der Waals surface area contributed by atoms with Gasteiger partial charge in [-0.05, 0) is 50.6 Å². The van der Waals surface area contributed by atoms with E-state index in [1.54, 1.807) is 0 Å². The van der Waals surface area contributed by atoms with Crippen LogP contribution in [0.25, 0.3) is 10.9 Å². The lowest BCUT2D eigenvalue weighted by Gasteiger charge is -2.08. The van der Waals surface area contributed by atoms with E-state index in [2.05, 4.69) is 4.98 Å². The van der Waals surface area contributed by atoms with Gasteiger partial charge in [0.1, 0.15) is 0 Å². The third-order valence-electron chi connectivity index (χ3n) is 2.42. The summed E-state index contributed by atoms with van der Waals surface area (Å²) < 4.78 is 128. The summed E-state index contributed by atoms with van der Waals surface area (Å²) in [5, 5.41) is -0.322. The normalized spacial score (nSPS) is 25.4. The van der Waals surface area contributed by atoms with Crippen LogP contribution in [0.15, 0.2) is 24.4 Å². The fourth-order valence-corrected chi connectivity index (χ4v) is 2.08. The van der Waals surface area contributed by atoms with Crippen molar-refractivity contribution in [2.75, 3.05) is 27.5 Å². The lowest BCUT2D eigenvalue weighted by molar-refractivity contribution is 0.414. The van der Waals surface area contributed by atoms with Gasteiger partial charge in [-0.3, -0.25) is 0 Å². The highest BCUT2D eigenvalue weighted by Crippen LogP contribution is 2.21. The van der Waals surface area contributed by atoms with Gasteiger partial charge in [-0.25, -0.2) is 13.1 Å². The number of nitrogens with zero attached hydrogens (tertiary/aromatic N) is 1. The van der Waals surface area contributed by atoms with Crippen molar-refractivity contribution in [3.8, 4) is 0 Å². The molecule has 0 spiro atoms. The molecule has 0 atom stereocenters. The lowest BCUT2D eigenvalue weighted by atomic mass is 10.1. The molecule has 0 aliphatic carbocycles. The van der Waals surface area contributed by atoms with E-state index in [0.29, 0.717) is 0 Å². The molecule has 110 valence electrons. The maximum atomic E-state index is 12.1. The second-order valence-corrected chi connectivity index (χ2v) is 5.39. The van der Waals surface area contributed by atoms with Gasteiger partial charge < -0.3 is 9.88 Å². The van der Waals surface area contributed by atoms with E-state index < -0.39 is 64.7 Å². The van der Waals surface area contributed by atoms with Gasteiger partial charge in [-0.15, -0.1) is 0 Å². The van der Waals surface area contributed by atoms with Crippen LogP contribution >= 0.6 is 0 Å². The van der Waals surface area contributed by atoms with Crippen molar-refractivity contribution in [2.24, 2.45) is 0 Å². The van der Waals surface area contributed by atoms with Crippen molar-refractivity contribution in [1.29, 1.82) is 0 Å². The third kappa shape index (κ3) is 3.59. The Morgan fingerprint density at radius 3 is 3.00 bits per heavy atom. The monoisotopic (exact) mass is 308 g/mol. The lowest BCUT2D eigenvalue weighted by Crippen LogP contribution is -2.20. The van der Waals surface area contributed by atoms with Crippen LogP contribution < -0.4 is 4.72 Å². The molecule has 1 aromatic carbocycles. The number of aromatic nitrogens is 1. The highest BCUT2D eigenvalue weighted by atomic mass is 32.2. The second kappa shape index (κ2) is 5.95. The first-order chi connectivity index (χ1) is 14.5. The minimum absolute atomic E-state index is 0.00889. The predicted octanol–water partition coefficient (Wildman–Crippen LogP) is 1.32. The number of benzene rings is 1. The molecule has 0 aliphatic heterocycles. The van der Waals surface area contributed by atoms with Gasteiger partial charge in [0, 0.05) is 40.0 Å². The summed E-state index contributed by atoms with van der Waals surface area (Å²) in [6, 6.07) is 3.10. The van der Waals surface area contributed by atoms with Crippen LogP contribution in [0.4, 0.5) is 0 Å². The minimum Gasteiger partial charge on any atom is -0.361 e. The summed E-state index contributed by atoms with van der Waals surface area (Å²) in [6.07, 6.45) is -4.18. The summed E-state index contributed by atoms with van der Waals surface area (Å²) in [6.45, 7) is -10.9. The summed E-state index contributed by atoms with van der Waals surface area (Å²) in [5.41, 5.74) is -4.31. The molecule has 0 unspecified atom stereocenters. The number of rotatable bonds is 6. The number of H-pyrrole nitrogens is 1. The van der Waals surface area contributed by atoms with Crippen molar-refractivity contribution in [3.63, 3.8) is 0 Å². The predicted molar refractivity (Wildman–Crippen MR) is 82.2 cm³/mol. The first-order valence-corrected chi connectivity index (χ1v) is 6.88. The number of nitrogens with one attached hydrogen (secondary N) is 2. The molecule has 0 amide bonds. The average Bonchev–Trinajstić information content (AvgIpc) is 2.93. The molecule has 2 rings (SSSR count). The number of fused-ring (bicyclic) bond motifs is 1. The summed E-state index contributed by atoms with van der Waals surface area (Å²) in [7, 11) is -3.55. The van der Waals surface area contributed by atoms with Crippen molar-refractivity contribution in [3.05, 3.63) is 35.5 Å². The Hall–Kier alpha value is -1.37. The van der Waals surface area contributed by atoms with Gasteiger partial charge in [0.05, 0.1) is 7.08 Å². The molecule has 0 fully saturated rings. The first kappa shape index (κ1) is 5.44. The molecule has 0 radical (unpaired) electrons. The Labute approximate surface area is 138 Å². The molecule has 0 saturated carbocycles. The van der Waals surface area contributed by atoms with Gasteiger partial charge in [0.25, 0.3) is 0 Å². The van der Waals surface area contributed by atoms with E-state index in [1.165, 1.54) is 0 Å². The Morgan fingerprint density at radius 1 is 1.50 bits per heavy atom. The molecule has 2 N–H and O–H groups in total. The summed E-state index contributed by atoms with van der Waals surface area (Å²) >= 11 is 0. The second-order valence-electron chi connectivity index (χ2n) is 3.77. The first-order valence-electron chi connectivity index (χ1n) is 11.9. The zero-order valence-electron chi connectivity index (χ0n) is 23.4. The molecule has 0 bridgehead atoms. The van der Waals surface area contributed by atoms with Gasteiger partial charge in [-0.2, -0.15) is 0 Å². The third-order valence-corrected chi connectivity index (χ3v) is 3.47. The van der Waals surface area contributed by atoms with Crippen molar-refractivity contribution in [1.82, 2.24) is 14.6 Å². The quantitative estimate of drug-likeness (QED) is 0.846. The number of likely N-dealkylation sites (N-methyl/N-ethyl adjacent to an activating group) is 1. The molecular formula is C14H21N3O2S. The van der Waals surface area contributed by atoms with E-state index in [1.807, 2.05) is 4.72 Å². The summed E-state index contributed by atoms with van der Waals surface area (Å²) in [5.74, 6) is 0. The largest absolute Gasteiger partial charge is 0.361 e. The van der Waals surface area contributed by atoms with E-state index in [0.717, 1.165) is 25.2 Å². The molecular weight excluding hydrogens is 274 g/mol. The number of hydrogen-bond acceptors (Lipinski definition) is 3. The molecule has 1 heterocycles. The SMILES string of the molecule is [2H]c1[nH]c2ccc(C([2H])([2H])S(=O)(=O)NC)cc2c1C([2H])([2H])C([2H])([2H])N(C([2H])([2H])[2H])C([2H])([2H])[2H]. The van der Waals surface area contributed by atoms with Crippen LogP contribution in [0, 0.1) is 0 Å². The van der Waals surface area contributed by atoms with E-state index >= 15 is 0 Å². The van der Waals surface area contributed by atoms with E-state index in [4.69, 9.17) is 17.8 Å². The molecule has 20 heavy (non-hydrogen) atoms. The van der Waals surface area contributed by atoms with Crippen LogP contribution in [0.5, 0.6) is 0 Å². The molecule has 5 nitrogen and oxygen atoms in total. The zero-order valence-corrected chi connectivity index (χ0v) is 11.2. The van der Waals surface area contributed by atoms with Crippen molar-refractivity contribution in [2.45, 2.75) is 12.1 Å². The van der Waals surface area contributed by atoms with E-state index in [9.17, 15) is 8.42 Å². The maximum absolute atomic E-state index is 12.1. The van der Waals surface area contributed by atoms with Crippen LogP contribution in [0.3, 0.4) is 0 Å². The summed E-state index contributed by atoms with van der Waals surface area (Å²) in [4.78, 5) is 1.84. The Kier molecular flexibility index (Phi) is 1.62. The van der Waals surface area contributed by atoms with Gasteiger partial charge in [0.15, 0.2) is 0 Å². The smallest absolute Gasteiger partial charge is 0.215 e. The average molecular weight is 308 g/mol. The number of aryl methyl sites for hydroxylation is 1. The number of aromatic amines is 1. The minimum atomic E-state index is -4.54. The van der Waals surface area contributed by atoms with Gasteiger partial charge >= 0.3 is 0 Å². The van der Waals surface area contributed by atoms with Gasteiger partial charge in [0.2, 0.25) is 10.0 Å². The fraction of sp³-hybridized carbons (Fsp3) is 0.429. The van der Waals surface area contributed by atoms with Crippen LogP contribution in [-0.4, -0.2) is 45.8 Å². The maximum Gasteiger partial charge on any atom is 0.215 e.